The second-order valence-electron chi connectivity index (χ2n) is 10.1. The van der Waals surface area contributed by atoms with Gasteiger partial charge in [-0.05, 0) is 76.2 Å². The van der Waals surface area contributed by atoms with Crippen LogP contribution in [0.5, 0.6) is 0 Å². The highest BCUT2D eigenvalue weighted by Crippen LogP contribution is 2.13. The molecule has 0 saturated carbocycles. The SMILES string of the molecule is Cc1cccc(CN(Cc2cccc(C)n2)CC(O)CN(Cc2cccc(C)n2)Cc2cccc(C)n2)n1. The second kappa shape index (κ2) is 13.3. The molecule has 38 heavy (non-hydrogen) atoms. The van der Waals surface area contributed by atoms with Crippen molar-refractivity contribution in [1.29, 1.82) is 0 Å². The highest BCUT2D eigenvalue weighted by molar-refractivity contribution is 5.14. The van der Waals surface area contributed by atoms with Crippen LogP contribution in [0.25, 0.3) is 0 Å². The zero-order valence-electron chi connectivity index (χ0n) is 22.9. The lowest BCUT2D eigenvalue weighted by molar-refractivity contribution is 0.0614. The average Bonchev–Trinajstić information content (AvgIpc) is 2.84. The van der Waals surface area contributed by atoms with Crippen molar-refractivity contribution in [3.05, 3.63) is 118 Å². The molecule has 0 aliphatic carbocycles. The maximum atomic E-state index is 11.4. The molecule has 0 saturated heterocycles. The summed E-state index contributed by atoms with van der Waals surface area (Å²) < 4.78 is 0. The van der Waals surface area contributed by atoms with Crippen LogP contribution in [0.1, 0.15) is 45.6 Å². The van der Waals surface area contributed by atoms with Crippen LogP contribution in [-0.2, 0) is 26.2 Å². The Morgan fingerprint density at radius 3 is 1.00 bits per heavy atom. The van der Waals surface area contributed by atoms with Gasteiger partial charge in [-0.15, -0.1) is 0 Å². The third-order valence-electron chi connectivity index (χ3n) is 6.26. The molecule has 0 radical (unpaired) electrons. The van der Waals surface area contributed by atoms with Gasteiger partial charge in [0.05, 0.1) is 28.9 Å². The van der Waals surface area contributed by atoms with E-state index in [0.717, 1.165) is 45.6 Å². The van der Waals surface area contributed by atoms with Crippen molar-refractivity contribution in [2.75, 3.05) is 13.1 Å². The summed E-state index contributed by atoms with van der Waals surface area (Å²) in [5.41, 5.74) is 7.87. The summed E-state index contributed by atoms with van der Waals surface area (Å²) in [7, 11) is 0. The molecular formula is C31H38N6O. The molecule has 7 heteroatoms. The zero-order chi connectivity index (χ0) is 26.9. The van der Waals surface area contributed by atoms with Gasteiger partial charge in [-0.3, -0.25) is 29.7 Å². The Morgan fingerprint density at radius 2 is 0.763 bits per heavy atom. The van der Waals surface area contributed by atoms with Gasteiger partial charge in [0, 0.05) is 62.0 Å². The molecule has 198 valence electrons. The van der Waals surface area contributed by atoms with E-state index in [1.807, 2.05) is 100 Å². The first-order valence-corrected chi connectivity index (χ1v) is 13.2. The van der Waals surface area contributed by atoms with Gasteiger partial charge in [-0.2, -0.15) is 0 Å². The summed E-state index contributed by atoms with van der Waals surface area (Å²) in [5, 5.41) is 11.4. The normalized spacial score (nSPS) is 11.6. The van der Waals surface area contributed by atoms with Crippen molar-refractivity contribution < 1.29 is 5.11 Å². The number of nitrogens with zero attached hydrogens (tertiary/aromatic N) is 6. The first kappa shape index (κ1) is 27.5. The monoisotopic (exact) mass is 510 g/mol. The molecule has 4 aromatic heterocycles. The van der Waals surface area contributed by atoms with Crippen LogP contribution in [0.4, 0.5) is 0 Å². The minimum absolute atomic E-state index is 0.490. The number of aliphatic hydroxyl groups is 1. The highest BCUT2D eigenvalue weighted by atomic mass is 16.3. The number of rotatable bonds is 12. The summed E-state index contributed by atoms with van der Waals surface area (Å²) in [6.45, 7) is 11.5. The Balaban J connectivity index is 1.50. The van der Waals surface area contributed by atoms with Crippen LogP contribution in [0.15, 0.2) is 72.8 Å². The lowest BCUT2D eigenvalue weighted by atomic mass is 10.2. The van der Waals surface area contributed by atoms with Gasteiger partial charge in [-0.1, -0.05) is 24.3 Å². The van der Waals surface area contributed by atoms with Crippen molar-refractivity contribution >= 4 is 0 Å². The topological polar surface area (TPSA) is 78.3 Å². The van der Waals surface area contributed by atoms with Crippen LogP contribution in [0, 0.1) is 27.7 Å². The van der Waals surface area contributed by atoms with Gasteiger partial charge in [0.2, 0.25) is 0 Å². The van der Waals surface area contributed by atoms with Gasteiger partial charge < -0.3 is 5.11 Å². The summed E-state index contributed by atoms with van der Waals surface area (Å²) in [6.07, 6.45) is -0.584. The Hall–Kier alpha value is -3.52. The number of pyridine rings is 4. The zero-order valence-corrected chi connectivity index (χ0v) is 22.9. The number of aromatic nitrogens is 4. The molecule has 0 amide bonds. The summed E-state index contributed by atoms with van der Waals surface area (Å²) in [4.78, 5) is 23.2. The van der Waals surface area contributed by atoms with Crippen molar-refractivity contribution in [3.63, 3.8) is 0 Å². The van der Waals surface area contributed by atoms with E-state index in [4.69, 9.17) is 19.9 Å². The summed E-state index contributed by atoms with van der Waals surface area (Å²) in [5.74, 6) is 0. The molecule has 0 atom stereocenters. The largest absolute Gasteiger partial charge is 0.390 e. The van der Waals surface area contributed by atoms with Gasteiger partial charge >= 0.3 is 0 Å². The van der Waals surface area contributed by atoms with E-state index in [1.54, 1.807) is 0 Å². The van der Waals surface area contributed by atoms with E-state index in [1.165, 1.54) is 0 Å². The molecule has 4 rings (SSSR count). The van der Waals surface area contributed by atoms with E-state index in [-0.39, 0.29) is 0 Å². The van der Waals surface area contributed by atoms with E-state index in [0.29, 0.717) is 39.3 Å². The molecule has 1 N–H and O–H groups in total. The minimum atomic E-state index is -0.584. The Labute approximate surface area is 226 Å². The molecule has 4 aromatic rings. The maximum Gasteiger partial charge on any atom is 0.0794 e. The predicted molar refractivity (Wildman–Crippen MR) is 150 cm³/mol. The number of hydrogen-bond donors (Lipinski definition) is 1. The fourth-order valence-electron chi connectivity index (χ4n) is 4.69. The third kappa shape index (κ3) is 8.80. The molecule has 7 nitrogen and oxygen atoms in total. The van der Waals surface area contributed by atoms with Crippen molar-refractivity contribution in [2.45, 2.75) is 60.0 Å². The van der Waals surface area contributed by atoms with Crippen LogP contribution in [0.2, 0.25) is 0 Å². The molecule has 0 unspecified atom stereocenters. The van der Waals surface area contributed by atoms with Gasteiger partial charge in [0.1, 0.15) is 0 Å². The molecular weight excluding hydrogens is 472 g/mol. The fraction of sp³-hybridized carbons (Fsp3) is 0.355. The van der Waals surface area contributed by atoms with Crippen LogP contribution in [0.3, 0.4) is 0 Å². The Bertz CT molecular complexity index is 1130. The first-order chi connectivity index (χ1) is 18.3. The Kier molecular flexibility index (Phi) is 9.65. The van der Waals surface area contributed by atoms with Gasteiger partial charge in [-0.25, -0.2) is 0 Å². The number of aliphatic hydroxyl groups excluding tert-OH is 1. The molecule has 4 heterocycles. The second-order valence-corrected chi connectivity index (χ2v) is 10.1. The molecule has 0 bridgehead atoms. The van der Waals surface area contributed by atoms with E-state index in [2.05, 4.69) is 9.80 Å². The fourth-order valence-corrected chi connectivity index (χ4v) is 4.69. The smallest absolute Gasteiger partial charge is 0.0794 e. The van der Waals surface area contributed by atoms with Gasteiger partial charge in [0.25, 0.3) is 0 Å². The van der Waals surface area contributed by atoms with Crippen molar-refractivity contribution in [1.82, 2.24) is 29.7 Å². The van der Waals surface area contributed by atoms with Crippen LogP contribution in [-0.4, -0.2) is 54.0 Å². The molecule has 0 spiro atoms. The number of aryl methyl sites for hydroxylation is 4. The maximum absolute atomic E-state index is 11.4. The molecule has 0 aliphatic rings. The lowest BCUT2D eigenvalue weighted by Crippen LogP contribution is -2.40. The lowest BCUT2D eigenvalue weighted by Gasteiger charge is -2.29. The van der Waals surface area contributed by atoms with Gasteiger partial charge in [0.15, 0.2) is 0 Å². The molecule has 0 fully saturated rings. The Morgan fingerprint density at radius 1 is 0.500 bits per heavy atom. The van der Waals surface area contributed by atoms with E-state index in [9.17, 15) is 5.11 Å². The minimum Gasteiger partial charge on any atom is -0.390 e. The molecule has 0 aromatic carbocycles. The van der Waals surface area contributed by atoms with Crippen LogP contribution < -0.4 is 0 Å². The standard InChI is InChI=1S/C31H38N6O/c1-23-9-5-13-27(32-23)17-36(18-28-14-6-10-24(2)33-28)21-31(38)22-37(19-29-15-7-11-25(3)34-29)20-30-16-8-12-26(4)35-30/h5-16,31,38H,17-22H2,1-4H3. The van der Waals surface area contributed by atoms with E-state index < -0.39 is 6.10 Å². The predicted octanol–water partition coefficient (Wildman–Crippen LogP) is 4.57. The molecule has 0 aliphatic heterocycles. The van der Waals surface area contributed by atoms with E-state index >= 15 is 0 Å². The van der Waals surface area contributed by atoms with Crippen molar-refractivity contribution in [2.24, 2.45) is 0 Å². The first-order valence-electron chi connectivity index (χ1n) is 13.2. The quantitative estimate of drug-likeness (QED) is 0.299. The number of hydrogen-bond acceptors (Lipinski definition) is 7. The highest BCUT2D eigenvalue weighted by Gasteiger charge is 2.19. The van der Waals surface area contributed by atoms with Crippen molar-refractivity contribution in [3.8, 4) is 0 Å². The summed E-state index contributed by atoms with van der Waals surface area (Å²) >= 11 is 0. The summed E-state index contributed by atoms with van der Waals surface area (Å²) in [6, 6.07) is 24.3. The average molecular weight is 511 g/mol. The van der Waals surface area contributed by atoms with Crippen LogP contribution >= 0.6 is 0 Å². The third-order valence-corrected chi connectivity index (χ3v) is 6.26.